The van der Waals surface area contributed by atoms with E-state index in [1.54, 1.807) is 12.3 Å². The fourth-order valence-corrected chi connectivity index (χ4v) is 4.93. The van der Waals surface area contributed by atoms with E-state index >= 15 is 0 Å². The Balaban J connectivity index is 0.000000169. The van der Waals surface area contributed by atoms with Gasteiger partial charge in [-0.15, -0.1) is 19.3 Å². The van der Waals surface area contributed by atoms with Crippen LogP contribution in [0.5, 0.6) is 0 Å². The minimum Gasteiger partial charge on any atom is -0.480 e. The molecule has 0 aliphatic heterocycles. The predicted molar refractivity (Wildman–Crippen MR) is 184 cm³/mol. The second kappa shape index (κ2) is 15.0. The average Bonchev–Trinajstić information content (AvgIpc) is 3.82. The summed E-state index contributed by atoms with van der Waals surface area (Å²) in [5, 5.41) is 31.2. The van der Waals surface area contributed by atoms with E-state index in [2.05, 4.69) is 32.7 Å². The number of nitro benzene ring substituents is 1. The van der Waals surface area contributed by atoms with Gasteiger partial charge in [-0.25, -0.2) is 0 Å². The third-order valence-electron chi connectivity index (χ3n) is 7.37. The molecular weight excluding hydrogens is 612 g/mol. The van der Waals surface area contributed by atoms with E-state index in [1.807, 2.05) is 48.7 Å². The van der Waals surface area contributed by atoms with Gasteiger partial charge in [0.1, 0.15) is 12.1 Å². The standard InChI is InChI=1S/C13H11N3O4.C13H12N2O2.C10H7N/c1-2-7-3-10-12(11(4-7)16(19)20)8(6-15-10)5-9(14)13(17)18;1-2-8-3-4-10-9(6-11(14)13(16)17)7-15-12(10)5-8;1-2-8-3-4-9-5-6-11-10(9)7-8/h1,3-4,6,9,15H,5,14H2,(H,17,18);1,3-5,7,11,15H,6,14H2,(H,16,17);1,3-7,11H. The molecule has 0 aliphatic rings. The van der Waals surface area contributed by atoms with Gasteiger partial charge in [0.25, 0.3) is 5.69 Å². The first-order valence-electron chi connectivity index (χ1n) is 14.3. The maximum atomic E-state index is 11.1. The minimum absolute atomic E-state index is 0.00836. The van der Waals surface area contributed by atoms with Crippen molar-refractivity contribution in [1.29, 1.82) is 0 Å². The van der Waals surface area contributed by atoms with Crippen molar-refractivity contribution in [2.45, 2.75) is 24.9 Å². The average molecular weight is 643 g/mol. The molecule has 48 heavy (non-hydrogen) atoms. The van der Waals surface area contributed by atoms with Gasteiger partial charge in [0.15, 0.2) is 0 Å². The number of carboxylic acid groups (broad SMARTS) is 2. The van der Waals surface area contributed by atoms with E-state index in [9.17, 15) is 19.7 Å². The summed E-state index contributed by atoms with van der Waals surface area (Å²) >= 11 is 0. The summed E-state index contributed by atoms with van der Waals surface area (Å²) in [4.78, 5) is 41.1. The van der Waals surface area contributed by atoms with Gasteiger partial charge in [-0.1, -0.05) is 29.9 Å². The lowest BCUT2D eigenvalue weighted by Crippen LogP contribution is -2.32. The Morgan fingerprint density at radius 3 is 1.90 bits per heavy atom. The number of hydrogen-bond donors (Lipinski definition) is 7. The highest BCUT2D eigenvalue weighted by Gasteiger charge is 2.22. The molecule has 0 fully saturated rings. The van der Waals surface area contributed by atoms with Crippen molar-refractivity contribution in [3.8, 4) is 37.0 Å². The highest BCUT2D eigenvalue weighted by atomic mass is 16.6. The number of carboxylic acids is 2. The number of nitrogens with one attached hydrogen (secondary N) is 3. The molecule has 0 saturated carbocycles. The maximum absolute atomic E-state index is 11.1. The second-order valence-corrected chi connectivity index (χ2v) is 10.6. The molecule has 0 saturated heterocycles. The molecule has 0 amide bonds. The van der Waals surface area contributed by atoms with Crippen LogP contribution in [-0.4, -0.2) is 54.1 Å². The number of aromatic nitrogens is 3. The van der Waals surface area contributed by atoms with Gasteiger partial charge in [0, 0.05) is 70.6 Å². The Labute approximate surface area is 274 Å². The summed E-state index contributed by atoms with van der Waals surface area (Å²) in [5.41, 5.74) is 16.7. The smallest absolute Gasteiger partial charge is 0.320 e. The predicted octanol–water partition coefficient (Wildman–Crippen LogP) is 4.26. The van der Waals surface area contributed by atoms with Crippen LogP contribution in [0.2, 0.25) is 0 Å². The van der Waals surface area contributed by atoms with Gasteiger partial charge in [0.05, 0.1) is 15.8 Å². The third-order valence-corrected chi connectivity index (χ3v) is 7.37. The van der Waals surface area contributed by atoms with Gasteiger partial charge >= 0.3 is 11.9 Å². The van der Waals surface area contributed by atoms with Crippen molar-refractivity contribution in [3.05, 3.63) is 111 Å². The van der Waals surface area contributed by atoms with Crippen LogP contribution in [0.25, 0.3) is 32.7 Å². The zero-order valence-corrected chi connectivity index (χ0v) is 25.4. The van der Waals surface area contributed by atoms with E-state index in [0.717, 1.165) is 33.1 Å². The maximum Gasteiger partial charge on any atom is 0.320 e. The topological polar surface area (TPSA) is 217 Å². The van der Waals surface area contributed by atoms with Gasteiger partial charge in [-0.3, -0.25) is 19.7 Å². The molecular formula is C36H30N6O6. The number of nitrogens with two attached hydrogens (primary N) is 2. The van der Waals surface area contributed by atoms with Crippen molar-refractivity contribution >= 4 is 50.3 Å². The number of benzene rings is 3. The molecule has 6 aromatic rings. The summed E-state index contributed by atoms with van der Waals surface area (Å²) in [5.74, 6) is 5.31. The molecule has 2 unspecified atom stereocenters. The zero-order valence-electron chi connectivity index (χ0n) is 25.4. The van der Waals surface area contributed by atoms with Gasteiger partial charge in [-0.2, -0.15) is 0 Å². The van der Waals surface area contributed by atoms with E-state index < -0.39 is 28.9 Å². The first-order chi connectivity index (χ1) is 22.9. The summed E-state index contributed by atoms with van der Waals surface area (Å²) in [6.07, 6.45) is 21.3. The number of non-ortho nitro benzene ring substituents is 1. The number of aliphatic carboxylic acids is 2. The van der Waals surface area contributed by atoms with Crippen molar-refractivity contribution in [1.82, 2.24) is 15.0 Å². The lowest BCUT2D eigenvalue weighted by molar-refractivity contribution is -0.383. The molecule has 0 bridgehead atoms. The van der Waals surface area contributed by atoms with Crippen molar-refractivity contribution in [2.24, 2.45) is 11.5 Å². The summed E-state index contributed by atoms with van der Waals surface area (Å²) in [6, 6.07) is 14.4. The Morgan fingerprint density at radius 2 is 1.29 bits per heavy atom. The van der Waals surface area contributed by atoms with E-state index in [1.165, 1.54) is 17.6 Å². The lowest BCUT2D eigenvalue weighted by atomic mass is 10.0. The fourth-order valence-electron chi connectivity index (χ4n) is 4.93. The number of fused-ring (bicyclic) bond motifs is 3. The van der Waals surface area contributed by atoms with Crippen molar-refractivity contribution in [2.75, 3.05) is 0 Å². The molecule has 9 N–H and O–H groups in total. The number of nitro groups is 1. The molecule has 12 nitrogen and oxygen atoms in total. The normalized spacial score (nSPS) is 11.6. The quantitative estimate of drug-likeness (QED) is 0.0756. The first kappa shape index (κ1) is 34.1. The number of rotatable bonds is 7. The van der Waals surface area contributed by atoms with Crippen LogP contribution in [0.4, 0.5) is 5.69 Å². The van der Waals surface area contributed by atoms with Crippen LogP contribution in [0.3, 0.4) is 0 Å². The van der Waals surface area contributed by atoms with E-state index in [-0.39, 0.29) is 12.1 Å². The summed E-state index contributed by atoms with van der Waals surface area (Å²) < 4.78 is 0. The number of H-pyrrole nitrogens is 3. The highest BCUT2D eigenvalue weighted by molar-refractivity contribution is 5.93. The van der Waals surface area contributed by atoms with Crippen LogP contribution in [0.15, 0.2) is 73.2 Å². The summed E-state index contributed by atoms with van der Waals surface area (Å²) in [6.45, 7) is 0. The molecule has 240 valence electrons. The van der Waals surface area contributed by atoms with Gasteiger partial charge in [0.2, 0.25) is 0 Å². The van der Waals surface area contributed by atoms with Crippen molar-refractivity contribution in [3.63, 3.8) is 0 Å². The number of aromatic amines is 3. The molecule has 2 atom stereocenters. The molecule has 0 radical (unpaired) electrons. The first-order valence-corrected chi connectivity index (χ1v) is 14.3. The molecule has 0 aliphatic carbocycles. The monoisotopic (exact) mass is 642 g/mol. The SMILES string of the molecule is C#Cc1cc([N+](=O)[O-])c2c(CC(N)C(=O)O)c[nH]c2c1.C#Cc1ccc2c(CC(N)C(=O)O)c[nH]c2c1.C#Cc1ccc2cc[nH]c2c1. The van der Waals surface area contributed by atoms with E-state index in [0.29, 0.717) is 28.5 Å². The van der Waals surface area contributed by atoms with Gasteiger partial charge < -0.3 is 36.6 Å². The lowest BCUT2D eigenvalue weighted by Gasteiger charge is -2.05. The van der Waals surface area contributed by atoms with Crippen LogP contribution in [-0.2, 0) is 22.4 Å². The van der Waals surface area contributed by atoms with Crippen LogP contribution in [0, 0.1) is 47.1 Å². The highest BCUT2D eigenvalue weighted by Crippen LogP contribution is 2.31. The minimum atomic E-state index is -1.16. The molecule has 0 spiro atoms. The Hall–Kier alpha value is -6.78. The molecule has 6 rings (SSSR count). The zero-order chi connectivity index (χ0) is 35.0. The van der Waals surface area contributed by atoms with Gasteiger partial charge in [-0.05, 0) is 52.9 Å². The van der Waals surface area contributed by atoms with Crippen molar-refractivity contribution < 1.29 is 24.7 Å². The van der Waals surface area contributed by atoms with Crippen LogP contribution >= 0.6 is 0 Å². The van der Waals surface area contributed by atoms with Crippen LogP contribution < -0.4 is 11.5 Å². The molecule has 3 aromatic heterocycles. The Morgan fingerprint density at radius 1 is 0.750 bits per heavy atom. The Bertz CT molecular complexity index is 2270. The summed E-state index contributed by atoms with van der Waals surface area (Å²) in [7, 11) is 0. The largest absolute Gasteiger partial charge is 0.480 e. The molecule has 3 aromatic carbocycles. The molecule has 3 heterocycles. The number of terminal acetylenes is 3. The second-order valence-electron chi connectivity index (χ2n) is 10.6. The number of hydrogen-bond acceptors (Lipinski definition) is 6. The van der Waals surface area contributed by atoms with Crippen LogP contribution in [0.1, 0.15) is 27.8 Å². The molecule has 12 heteroatoms. The third kappa shape index (κ3) is 7.89. The Kier molecular flexibility index (Phi) is 10.7. The fraction of sp³-hybridized carbons (Fsp3) is 0.111. The van der Waals surface area contributed by atoms with E-state index in [4.69, 9.17) is 41.0 Å². The number of nitrogens with zero attached hydrogens (tertiary/aromatic N) is 1. The number of carbonyl (C=O) groups is 2.